The lowest BCUT2D eigenvalue weighted by Gasteiger charge is -2.29. The Morgan fingerprint density at radius 2 is 1.94 bits per heavy atom. The monoisotopic (exact) mass is 448 g/mol. The van der Waals surface area contributed by atoms with Gasteiger partial charge in [0.25, 0.3) is 0 Å². The van der Waals surface area contributed by atoms with Crippen molar-refractivity contribution < 1.29 is 19.0 Å². The first-order chi connectivity index (χ1) is 16.0. The summed E-state index contributed by atoms with van der Waals surface area (Å²) in [6.07, 6.45) is 2.00. The quantitative estimate of drug-likeness (QED) is 0.518. The van der Waals surface area contributed by atoms with Crippen molar-refractivity contribution in [3.8, 4) is 11.5 Å². The summed E-state index contributed by atoms with van der Waals surface area (Å²) in [5.41, 5.74) is 3.16. The second-order valence-electron chi connectivity index (χ2n) is 8.04. The Morgan fingerprint density at radius 3 is 2.67 bits per heavy atom. The third-order valence-electron chi connectivity index (χ3n) is 5.35. The molecule has 0 radical (unpaired) electrons. The van der Waals surface area contributed by atoms with E-state index in [1.807, 2.05) is 57.2 Å². The highest BCUT2D eigenvalue weighted by Crippen LogP contribution is 2.39. The molecule has 0 spiro atoms. The number of hydrogen-bond donors (Lipinski definition) is 1. The topological polar surface area (TPSA) is 87.5 Å². The summed E-state index contributed by atoms with van der Waals surface area (Å²) in [5.74, 6) is 1.37. The lowest BCUT2D eigenvalue weighted by Crippen LogP contribution is -2.30. The van der Waals surface area contributed by atoms with Crippen LogP contribution in [0.2, 0.25) is 0 Å². The van der Waals surface area contributed by atoms with E-state index >= 15 is 0 Å². The molecule has 1 N–H and O–H groups in total. The zero-order valence-corrected chi connectivity index (χ0v) is 19.2. The molecule has 1 aromatic heterocycles. The molecular formula is C25H28N4O4. The van der Waals surface area contributed by atoms with Gasteiger partial charge in [-0.3, -0.25) is 0 Å². The molecule has 0 saturated carbocycles. The van der Waals surface area contributed by atoms with Crippen LogP contribution in [-0.2, 0) is 16.0 Å². The fourth-order valence-corrected chi connectivity index (χ4v) is 3.84. The van der Waals surface area contributed by atoms with Gasteiger partial charge in [-0.25, -0.2) is 9.48 Å². The number of hydrogen-bond acceptors (Lipinski definition) is 7. The molecule has 172 valence electrons. The van der Waals surface area contributed by atoms with Crippen LogP contribution in [0.15, 0.2) is 66.1 Å². The number of rotatable bonds is 8. The van der Waals surface area contributed by atoms with Gasteiger partial charge in [-0.05, 0) is 44.0 Å². The number of fused-ring (bicyclic) bond motifs is 1. The highest BCUT2D eigenvalue weighted by molar-refractivity contribution is 5.92. The summed E-state index contributed by atoms with van der Waals surface area (Å²) in [6, 6.07) is 15.3. The van der Waals surface area contributed by atoms with Gasteiger partial charge in [0.05, 0.1) is 25.4 Å². The fourth-order valence-electron chi connectivity index (χ4n) is 3.84. The minimum Gasteiger partial charge on any atom is -0.493 e. The summed E-state index contributed by atoms with van der Waals surface area (Å²) < 4.78 is 18.8. The number of methoxy groups -OCH3 is 1. The molecule has 0 bridgehead atoms. The highest BCUT2D eigenvalue weighted by atomic mass is 16.5. The van der Waals surface area contributed by atoms with E-state index in [1.165, 1.54) is 11.9 Å². The van der Waals surface area contributed by atoms with Crippen LogP contribution in [0, 0.1) is 0 Å². The normalized spacial score (nSPS) is 15.1. The van der Waals surface area contributed by atoms with Crippen molar-refractivity contribution in [3.05, 3.63) is 77.3 Å². The Kier molecular flexibility index (Phi) is 6.63. The zero-order chi connectivity index (χ0) is 23.4. The molecule has 2 heterocycles. The molecule has 1 atom stereocenters. The van der Waals surface area contributed by atoms with Gasteiger partial charge in [0.15, 0.2) is 11.5 Å². The number of ether oxygens (including phenoxy) is 3. The van der Waals surface area contributed by atoms with E-state index in [0.29, 0.717) is 35.3 Å². The maximum absolute atomic E-state index is 13.0. The number of nitrogens with one attached hydrogen (secondary N) is 1. The van der Waals surface area contributed by atoms with Crippen molar-refractivity contribution in [2.45, 2.75) is 39.3 Å². The van der Waals surface area contributed by atoms with Gasteiger partial charge in [-0.15, -0.1) is 0 Å². The van der Waals surface area contributed by atoms with Gasteiger partial charge in [-0.1, -0.05) is 36.4 Å². The number of aromatic nitrogens is 3. The van der Waals surface area contributed by atoms with Crippen molar-refractivity contribution in [1.82, 2.24) is 14.8 Å². The second-order valence-corrected chi connectivity index (χ2v) is 8.04. The van der Waals surface area contributed by atoms with Crippen LogP contribution in [-0.4, -0.2) is 40.6 Å². The van der Waals surface area contributed by atoms with Crippen LogP contribution in [0.3, 0.4) is 0 Å². The van der Waals surface area contributed by atoms with Crippen molar-refractivity contribution in [2.75, 3.05) is 19.0 Å². The Morgan fingerprint density at radius 1 is 1.15 bits per heavy atom. The van der Waals surface area contributed by atoms with E-state index in [9.17, 15) is 4.79 Å². The molecule has 8 nitrogen and oxygen atoms in total. The molecule has 3 aromatic rings. The van der Waals surface area contributed by atoms with Crippen molar-refractivity contribution in [2.24, 2.45) is 0 Å². The van der Waals surface area contributed by atoms with Crippen LogP contribution in [0.4, 0.5) is 5.95 Å². The van der Waals surface area contributed by atoms with Gasteiger partial charge in [0.1, 0.15) is 12.4 Å². The SMILES string of the molecule is COc1cc([C@H]2C(C(=O)OC(C)C)=C(C)Nc3ncnn32)ccc1OCCc1ccccc1. The molecule has 1 aliphatic rings. The first-order valence-corrected chi connectivity index (χ1v) is 10.9. The predicted molar refractivity (Wildman–Crippen MR) is 124 cm³/mol. The smallest absolute Gasteiger partial charge is 0.338 e. The van der Waals surface area contributed by atoms with Gasteiger partial charge < -0.3 is 19.5 Å². The second kappa shape index (κ2) is 9.77. The largest absolute Gasteiger partial charge is 0.493 e. The summed E-state index contributed by atoms with van der Waals surface area (Å²) in [6.45, 7) is 6.00. The van der Waals surface area contributed by atoms with Crippen LogP contribution in [0.25, 0.3) is 0 Å². The Labute approximate surface area is 193 Å². The Hall–Kier alpha value is -3.81. The number of allylic oxidation sites excluding steroid dienone is 1. The number of nitrogens with zero attached hydrogens (tertiary/aromatic N) is 3. The van der Waals surface area contributed by atoms with Crippen LogP contribution < -0.4 is 14.8 Å². The van der Waals surface area contributed by atoms with Gasteiger partial charge in [-0.2, -0.15) is 10.1 Å². The summed E-state index contributed by atoms with van der Waals surface area (Å²) in [4.78, 5) is 17.3. The molecule has 0 unspecified atom stereocenters. The molecule has 0 aliphatic carbocycles. The van der Waals surface area contributed by atoms with Crippen LogP contribution in [0.5, 0.6) is 11.5 Å². The maximum Gasteiger partial charge on any atom is 0.338 e. The van der Waals surface area contributed by atoms with E-state index < -0.39 is 12.0 Å². The predicted octanol–water partition coefficient (Wildman–Crippen LogP) is 4.15. The number of esters is 1. The summed E-state index contributed by atoms with van der Waals surface area (Å²) in [7, 11) is 1.60. The summed E-state index contributed by atoms with van der Waals surface area (Å²) >= 11 is 0. The lowest BCUT2D eigenvalue weighted by molar-refractivity contribution is -0.143. The van der Waals surface area contributed by atoms with Crippen LogP contribution in [0.1, 0.15) is 37.9 Å². The minimum atomic E-state index is -0.512. The van der Waals surface area contributed by atoms with Gasteiger partial charge in [0.2, 0.25) is 5.95 Å². The molecular weight excluding hydrogens is 420 g/mol. The summed E-state index contributed by atoms with van der Waals surface area (Å²) in [5, 5.41) is 7.49. The van der Waals surface area contributed by atoms with Crippen molar-refractivity contribution in [1.29, 1.82) is 0 Å². The molecule has 33 heavy (non-hydrogen) atoms. The maximum atomic E-state index is 13.0. The van der Waals surface area contributed by atoms with E-state index in [-0.39, 0.29) is 6.10 Å². The molecule has 0 amide bonds. The third-order valence-corrected chi connectivity index (χ3v) is 5.35. The molecule has 1 aliphatic heterocycles. The highest BCUT2D eigenvalue weighted by Gasteiger charge is 2.35. The first-order valence-electron chi connectivity index (χ1n) is 10.9. The molecule has 2 aromatic carbocycles. The third kappa shape index (κ3) is 4.84. The van der Waals surface area contributed by atoms with E-state index in [0.717, 1.165) is 12.0 Å². The number of benzene rings is 2. The average Bonchev–Trinajstić information content (AvgIpc) is 3.26. The Balaban J connectivity index is 1.63. The fraction of sp³-hybridized carbons (Fsp3) is 0.320. The molecule has 8 heteroatoms. The molecule has 0 fully saturated rings. The molecule has 4 rings (SSSR count). The number of anilines is 1. The van der Waals surface area contributed by atoms with E-state index in [2.05, 4.69) is 27.5 Å². The van der Waals surface area contributed by atoms with E-state index in [1.54, 1.807) is 11.8 Å². The van der Waals surface area contributed by atoms with Crippen LogP contribution >= 0.6 is 0 Å². The van der Waals surface area contributed by atoms with Gasteiger partial charge >= 0.3 is 5.97 Å². The van der Waals surface area contributed by atoms with Crippen molar-refractivity contribution >= 4 is 11.9 Å². The Bertz CT molecular complexity index is 1150. The van der Waals surface area contributed by atoms with Crippen molar-refractivity contribution in [3.63, 3.8) is 0 Å². The lowest BCUT2D eigenvalue weighted by atomic mass is 9.95. The van der Waals surface area contributed by atoms with E-state index in [4.69, 9.17) is 14.2 Å². The first kappa shape index (κ1) is 22.4. The number of carbonyl (C=O) groups excluding carboxylic acids is 1. The van der Waals surface area contributed by atoms with Gasteiger partial charge in [0, 0.05) is 12.1 Å². The zero-order valence-electron chi connectivity index (χ0n) is 19.2. The number of carbonyl (C=O) groups is 1. The average molecular weight is 449 g/mol. The molecule has 0 saturated heterocycles. The minimum absolute atomic E-state index is 0.245. The standard InChI is InChI=1S/C25H28N4O4/c1-16(2)33-24(30)22-17(3)28-25-26-15-27-29(25)23(22)19-10-11-20(21(14-19)31-4)32-13-12-18-8-6-5-7-9-18/h5-11,14-16,23H,12-13H2,1-4H3,(H,26,27,28)/t23-/m0/s1.